The SMILES string of the molecule is CC(CCO)CNC(=O)Cc1cccc(Br)c1. The molecule has 1 atom stereocenters. The van der Waals surface area contributed by atoms with E-state index in [1.54, 1.807) is 0 Å². The highest BCUT2D eigenvalue weighted by Gasteiger charge is 2.06. The molecule has 1 aromatic carbocycles. The van der Waals surface area contributed by atoms with E-state index in [9.17, 15) is 4.79 Å². The molecule has 0 aliphatic heterocycles. The Labute approximate surface area is 110 Å². The highest BCUT2D eigenvalue weighted by molar-refractivity contribution is 9.10. The van der Waals surface area contributed by atoms with Crippen LogP contribution in [-0.4, -0.2) is 24.2 Å². The van der Waals surface area contributed by atoms with Crippen LogP contribution in [0.25, 0.3) is 0 Å². The van der Waals surface area contributed by atoms with Gasteiger partial charge in [0.15, 0.2) is 0 Å². The number of carbonyl (C=O) groups excluding carboxylic acids is 1. The van der Waals surface area contributed by atoms with Gasteiger partial charge in [0, 0.05) is 17.6 Å². The zero-order chi connectivity index (χ0) is 12.7. The van der Waals surface area contributed by atoms with Crippen molar-refractivity contribution in [2.24, 2.45) is 5.92 Å². The van der Waals surface area contributed by atoms with Gasteiger partial charge < -0.3 is 10.4 Å². The lowest BCUT2D eigenvalue weighted by atomic mass is 10.1. The van der Waals surface area contributed by atoms with Crippen molar-refractivity contribution in [1.29, 1.82) is 0 Å². The van der Waals surface area contributed by atoms with Crippen LogP contribution in [0.5, 0.6) is 0 Å². The molecule has 0 saturated carbocycles. The normalized spacial score (nSPS) is 12.2. The van der Waals surface area contributed by atoms with Crippen LogP contribution < -0.4 is 5.32 Å². The Morgan fingerprint density at radius 1 is 1.53 bits per heavy atom. The number of halogens is 1. The Balaban J connectivity index is 2.34. The first-order chi connectivity index (χ1) is 8.11. The van der Waals surface area contributed by atoms with E-state index in [0.29, 0.717) is 18.9 Å². The molecular formula is C13H18BrNO2. The minimum Gasteiger partial charge on any atom is -0.396 e. The molecule has 4 heteroatoms. The molecule has 0 saturated heterocycles. The van der Waals surface area contributed by atoms with E-state index in [2.05, 4.69) is 21.2 Å². The minimum atomic E-state index is 0.0212. The molecule has 94 valence electrons. The van der Waals surface area contributed by atoms with Crippen LogP contribution in [0.4, 0.5) is 0 Å². The molecule has 17 heavy (non-hydrogen) atoms. The Kier molecular flexibility index (Phi) is 6.22. The molecule has 0 spiro atoms. The third-order valence-electron chi connectivity index (χ3n) is 2.52. The molecular weight excluding hydrogens is 282 g/mol. The van der Waals surface area contributed by atoms with Crippen LogP contribution in [0.3, 0.4) is 0 Å². The van der Waals surface area contributed by atoms with Gasteiger partial charge >= 0.3 is 0 Å². The van der Waals surface area contributed by atoms with Crippen LogP contribution >= 0.6 is 15.9 Å². The number of nitrogens with one attached hydrogen (secondary N) is 1. The maximum atomic E-state index is 11.6. The summed E-state index contributed by atoms with van der Waals surface area (Å²) in [5.74, 6) is 0.333. The van der Waals surface area contributed by atoms with E-state index in [0.717, 1.165) is 16.5 Å². The third kappa shape index (κ3) is 5.84. The monoisotopic (exact) mass is 299 g/mol. The third-order valence-corrected chi connectivity index (χ3v) is 3.02. The molecule has 3 nitrogen and oxygen atoms in total. The first-order valence-corrected chi connectivity index (χ1v) is 6.53. The van der Waals surface area contributed by atoms with E-state index in [1.165, 1.54) is 0 Å². The van der Waals surface area contributed by atoms with E-state index in [4.69, 9.17) is 5.11 Å². The number of aliphatic hydroxyl groups is 1. The molecule has 2 N–H and O–H groups in total. The Morgan fingerprint density at radius 2 is 2.29 bits per heavy atom. The lowest BCUT2D eigenvalue weighted by Crippen LogP contribution is -2.29. The predicted molar refractivity (Wildman–Crippen MR) is 71.7 cm³/mol. The van der Waals surface area contributed by atoms with E-state index in [-0.39, 0.29) is 12.5 Å². The van der Waals surface area contributed by atoms with Crippen molar-refractivity contribution in [3.8, 4) is 0 Å². The quantitative estimate of drug-likeness (QED) is 0.845. The van der Waals surface area contributed by atoms with Gasteiger partial charge in [-0.25, -0.2) is 0 Å². The molecule has 1 rings (SSSR count). The molecule has 0 aliphatic rings. The summed E-state index contributed by atoms with van der Waals surface area (Å²) in [5.41, 5.74) is 0.992. The summed E-state index contributed by atoms with van der Waals surface area (Å²) in [4.78, 5) is 11.6. The van der Waals surface area contributed by atoms with Gasteiger partial charge in [-0.1, -0.05) is 35.0 Å². The zero-order valence-corrected chi connectivity index (χ0v) is 11.5. The van der Waals surface area contributed by atoms with Gasteiger partial charge in [-0.2, -0.15) is 0 Å². The second kappa shape index (κ2) is 7.45. The van der Waals surface area contributed by atoms with Crippen molar-refractivity contribution >= 4 is 21.8 Å². The molecule has 0 heterocycles. The summed E-state index contributed by atoms with van der Waals surface area (Å²) < 4.78 is 0.983. The average Bonchev–Trinajstić information content (AvgIpc) is 2.27. The van der Waals surface area contributed by atoms with Crippen LogP contribution in [0, 0.1) is 5.92 Å². The molecule has 0 bridgehead atoms. The lowest BCUT2D eigenvalue weighted by molar-refractivity contribution is -0.120. The maximum Gasteiger partial charge on any atom is 0.224 e. The van der Waals surface area contributed by atoms with E-state index < -0.39 is 0 Å². The van der Waals surface area contributed by atoms with Crippen molar-refractivity contribution in [3.05, 3.63) is 34.3 Å². The lowest BCUT2D eigenvalue weighted by Gasteiger charge is -2.11. The van der Waals surface area contributed by atoms with Crippen LogP contribution in [0.15, 0.2) is 28.7 Å². The molecule has 0 fully saturated rings. The largest absolute Gasteiger partial charge is 0.396 e. The highest BCUT2D eigenvalue weighted by atomic mass is 79.9. The standard InChI is InChI=1S/C13H18BrNO2/c1-10(5-6-16)9-15-13(17)8-11-3-2-4-12(14)7-11/h2-4,7,10,16H,5-6,8-9H2,1H3,(H,15,17). The fraction of sp³-hybridized carbons (Fsp3) is 0.462. The summed E-state index contributed by atoms with van der Waals surface area (Å²) in [7, 11) is 0. The van der Waals surface area contributed by atoms with Gasteiger partial charge in [0.05, 0.1) is 6.42 Å². The van der Waals surface area contributed by atoms with Gasteiger partial charge in [0.1, 0.15) is 0 Å². The second-order valence-electron chi connectivity index (χ2n) is 4.23. The number of carbonyl (C=O) groups is 1. The molecule has 0 radical (unpaired) electrons. The first-order valence-electron chi connectivity index (χ1n) is 5.74. The first kappa shape index (κ1) is 14.2. The van der Waals surface area contributed by atoms with Crippen molar-refractivity contribution in [2.75, 3.05) is 13.2 Å². The Hall–Kier alpha value is -0.870. The van der Waals surface area contributed by atoms with Crippen LogP contribution in [0.1, 0.15) is 18.9 Å². The van der Waals surface area contributed by atoms with Gasteiger partial charge in [-0.3, -0.25) is 4.79 Å². The van der Waals surface area contributed by atoms with Gasteiger partial charge in [0.2, 0.25) is 5.91 Å². The van der Waals surface area contributed by atoms with Gasteiger partial charge in [0.25, 0.3) is 0 Å². The Morgan fingerprint density at radius 3 is 2.94 bits per heavy atom. The summed E-state index contributed by atoms with van der Waals surface area (Å²) in [5, 5.41) is 11.6. The van der Waals surface area contributed by atoms with Crippen molar-refractivity contribution < 1.29 is 9.90 Å². The van der Waals surface area contributed by atoms with Gasteiger partial charge in [-0.15, -0.1) is 0 Å². The minimum absolute atomic E-state index is 0.0212. The number of rotatable bonds is 6. The molecule has 1 unspecified atom stereocenters. The number of amides is 1. The van der Waals surface area contributed by atoms with Crippen molar-refractivity contribution in [1.82, 2.24) is 5.32 Å². The van der Waals surface area contributed by atoms with E-state index in [1.807, 2.05) is 31.2 Å². The number of benzene rings is 1. The van der Waals surface area contributed by atoms with Crippen LogP contribution in [-0.2, 0) is 11.2 Å². The number of hydrogen-bond acceptors (Lipinski definition) is 2. The molecule has 1 aromatic rings. The fourth-order valence-corrected chi connectivity index (χ4v) is 1.95. The van der Waals surface area contributed by atoms with Gasteiger partial charge in [-0.05, 0) is 30.0 Å². The summed E-state index contributed by atoms with van der Waals surface area (Å²) in [6.07, 6.45) is 1.11. The Bertz CT molecular complexity index is 368. The zero-order valence-electron chi connectivity index (χ0n) is 9.95. The summed E-state index contributed by atoms with van der Waals surface area (Å²) in [6.45, 7) is 2.80. The summed E-state index contributed by atoms with van der Waals surface area (Å²) in [6, 6.07) is 7.73. The molecule has 1 amide bonds. The second-order valence-corrected chi connectivity index (χ2v) is 5.14. The maximum absolute atomic E-state index is 11.6. The molecule has 0 aromatic heterocycles. The number of hydrogen-bond donors (Lipinski definition) is 2. The fourth-order valence-electron chi connectivity index (χ4n) is 1.51. The average molecular weight is 300 g/mol. The molecule has 0 aliphatic carbocycles. The van der Waals surface area contributed by atoms with Crippen molar-refractivity contribution in [3.63, 3.8) is 0 Å². The van der Waals surface area contributed by atoms with Crippen LogP contribution in [0.2, 0.25) is 0 Å². The predicted octanol–water partition coefficient (Wildman–Crippen LogP) is 2.13. The highest BCUT2D eigenvalue weighted by Crippen LogP contribution is 2.12. The van der Waals surface area contributed by atoms with E-state index >= 15 is 0 Å². The smallest absolute Gasteiger partial charge is 0.224 e. The topological polar surface area (TPSA) is 49.3 Å². The number of aliphatic hydroxyl groups excluding tert-OH is 1. The summed E-state index contributed by atoms with van der Waals surface area (Å²) >= 11 is 3.38. The van der Waals surface area contributed by atoms with Crippen molar-refractivity contribution in [2.45, 2.75) is 19.8 Å².